The summed E-state index contributed by atoms with van der Waals surface area (Å²) in [4.78, 5) is 20.0. The molecule has 1 aliphatic rings. The Bertz CT molecular complexity index is 842. The van der Waals surface area contributed by atoms with Gasteiger partial charge >= 0.3 is 0 Å². The van der Waals surface area contributed by atoms with Crippen LogP contribution in [0.3, 0.4) is 0 Å². The molecular formula is C16H14N6O. The van der Waals surface area contributed by atoms with Crippen LogP contribution >= 0.6 is 0 Å². The number of rotatable bonds is 4. The van der Waals surface area contributed by atoms with Crippen molar-refractivity contribution >= 4 is 17.5 Å². The zero-order chi connectivity index (χ0) is 15.6. The van der Waals surface area contributed by atoms with Crippen LogP contribution in [0.1, 0.15) is 11.3 Å². The number of nitrogens with one attached hydrogen (secondary N) is 3. The van der Waals surface area contributed by atoms with E-state index in [0.29, 0.717) is 18.9 Å². The van der Waals surface area contributed by atoms with Crippen LogP contribution in [-0.2, 0) is 17.8 Å². The zero-order valence-electron chi connectivity index (χ0n) is 12.2. The van der Waals surface area contributed by atoms with E-state index in [1.165, 1.54) is 0 Å². The standard InChI is InChI=1S/C16H14N6O/c23-15-6-11-2-1-10(5-14(11)21-15)12-7-17-16(18-8-12)19-9-13-3-4-20-22-13/h1-5,7-8H,6,9H2,(H,20,22)(H,21,23)(H,17,18,19). The summed E-state index contributed by atoms with van der Waals surface area (Å²) in [6.45, 7) is 0.588. The van der Waals surface area contributed by atoms with E-state index in [4.69, 9.17) is 0 Å². The Balaban J connectivity index is 1.50. The molecule has 0 aliphatic carbocycles. The number of carbonyl (C=O) groups is 1. The van der Waals surface area contributed by atoms with Gasteiger partial charge in [-0.25, -0.2) is 9.97 Å². The number of amides is 1. The summed E-state index contributed by atoms with van der Waals surface area (Å²) in [5.41, 5.74) is 4.74. The molecule has 1 amide bonds. The highest BCUT2D eigenvalue weighted by atomic mass is 16.1. The summed E-state index contributed by atoms with van der Waals surface area (Å²) in [6, 6.07) is 7.79. The molecule has 0 radical (unpaired) electrons. The van der Waals surface area contributed by atoms with E-state index in [1.54, 1.807) is 18.6 Å². The van der Waals surface area contributed by atoms with Gasteiger partial charge in [-0.2, -0.15) is 5.10 Å². The largest absolute Gasteiger partial charge is 0.349 e. The minimum absolute atomic E-state index is 0.0340. The fourth-order valence-electron chi connectivity index (χ4n) is 2.52. The molecular weight excluding hydrogens is 292 g/mol. The predicted octanol–water partition coefficient (Wildman–Crippen LogP) is 1.97. The monoisotopic (exact) mass is 306 g/mol. The van der Waals surface area contributed by atoms with E-state index >= 15 is 0 Å². The highest BCUT2D eigenvalue weighted by Crippen LogP contribution is 2.28. The molecule has 0 spiro atoms. The van der Waals surface area contributed by atoms with Crippen molar-refractivity contribution < 1.29 is 4.79 Å². The molecule has 3 N–H and O–H groups in total. The second-order valence-corrected chi connectivity index (χ2v) is 5.33. The summed E-state index contributed by atoms with van der Waals surface area (Å²) in [5.74, 6) is 0.588. The Morgan fingerprint density at radius 2 is 2.00 bits per heavy atom. The molecule has 0 fully saturated rings. The number of benzene rings is 1. The molecule has 7 nitrogen and oxygen atoms in total. The van der Waals surface area contributed by atoms with Crippen LogP contribution in [0.15, 0.2) is 42.9 Å². The summed E-state index contributed by atoms with van der Waals surface area (Å²) in [7, 11) is 0. The Hall–Kier alpha value is -3.22. The van der Waals surface area contributed by atoms with Gasteiger partial charge in [0.25, 0.3) is 0 Å². The third-order valence-corrected chi connectivity index (χ3v) is 3.72. The van der Waals surface area contributed by atoms with Crippen LogP contribution in [0.2, 0.25) is 0 Å². The summed E-state index contributed by atoms with van der Waals surface area (Å²) in [5, 5.41) is 12.7. The molecule has 7 heteroatoms. The molecule has 0 atom stereocenters. The molecule has 4 rings (SSSR count). The number of fused-ring (bicyclic) bond motifs is 1. The quantitative estimate of drug-likeness (QED) is 0.685. The molecule has 3 aromatic rings. The van der Waals surface area contributed by atoms with Crippen LogP contribution < -0.4 is 10.6 Å². The van der Waals surface area contributed by atoms with Gasteiger partial charge in [-0.15, -0.1) is 0 Å². The molecule has 23 heavy (non-hydrogen) atoms. The average Bonchev–Trinajstić information content (AvgIpc) is 3.21. The number of hydrogen-bond acceptors (Lipinski definition) is 5. The number of carbonyl (C=O) groups excluding carboxylic acids is 1. The van der Waals surface area contributed by atoms with Crippen molar-refractivity contribution in [3.63, 3.8) is 0 Å². The first-order valence-electron chi connectivity index (χ1n) is 7.25. The van der Waals surface area contributed by atoms with Gasteiger partial charge in [0.1, 0.15) is 0 Å². The van der Waals surface area contributed by atoms with Crippen LogP contribution in [0.25, 0.3) is 11.1 Å². The lowest BCUT2D eigenvalue weighted by atomic mass is 10.1. The topological polar surface area (TPSA) is 95.6 Å². The summed E-state index contributed by atoms with van der Waals surface area (Å²) >= 11 is 0. The van der Waals surface area contributed by atoms with Gasteiger partial charge in [-0.1, -0.05) is 12.1 Å². The molecule has 1 aliphatic heterocycles. The lowest BCUT2D eigenvalue weighted by Crippen LogP contribution is -2.04. The first kappa shape index (κ1) is 13.4. The number of hydrogen-bond donors (Lipinski definition) is 3. The maximum Gasteiger partial charge on any atom is 0.228 e. The van der Waals surface area contributed by atoms with Gasteiger partial charge in [-0.3, -0.25) is 9.89 Å². The Morgan fingerprint density at radius 3 is 2.78 bits per heavy atom. The van der Waals surface area contributed by atoms with Gasteiger partial charge in [0.2, 0.25) is 11.9 Å². The third-order valence-electron chi connectivity index (χ3n) is 3.72. The van der Waals surface area contributed by atoms with E-state index in [-0.39, 0.29) is 5.91 Å². The Kier molecular flexibility index (Phi) is 3.23. The van der Waals surface area contributed by atoms with Gasteiger partial charge in [0.05, 0.1) is 18.7 Å². The van der Waals surface area contributed by atoms with Crippen LogP contribution in [0.5, 0.6) is 0 Å². The first-order valence-corrected chi connectivity index (χ1v) is 7.25. The maximum absolute atomic E-state index is 11.4. The van der Waals surface area contributed by atoms with Gasteiger partial charge in [0, 0.05) is 29.8 Å². The van der Waals surface area contributed by atoms with Crippen molar-refractivity contribution in [3.8, 4) is 11.1 Å². The highest BCUT2D eigenvalue weighted by molar-refractivity contribution is 5.99. The summed E-state index contributed by atoms with van der Waals surface area (Å²) in [6.07, 6.45) is 5.68. The first-order chi connectivity index (χ1) is 11.3. The van der Waals surface area contributed by atoms with Crippen molar-refractivity contribution in [3.05, 3.63) is 54.1 Å². The van der Waals surface area contributed by atoms with E-state index in [2.05, 4.69) is 30.8 Å². The molecule has 1 aromatic carbocycles. The molecule has 114 valence electrons. The van der Waals surface area contributed by atoms with E-state index in [0.717, 1.165) is 28.1 Å². The molecule has 3 heterocycles. The predicted molar refractivity (Wildman–Crippen MR) is 85.7 cm³/mol. The van der Waals surface area contributed by atoms with Crippen molar-refractivity contribution in [2.24, 2.45) is 0 Å². The Labute approximate surface area is 132 Å². The number of aromatic amines is 1. The zero-order valence-corrected chi connectivity index (χ0v) is 12.2. The molecule has 0 saturated carbocycles. The second-order valence-electron chi connectivity index (χ2n) is 5.33. The van der Waals surface area contributed by atoms with Crippen LogP contribution in [-0.4, -0.2) is 26.1 Å². The number of aromatic nitrogens is 4. The van der Waals surface area contributed by atoms with Gasteiger partial charge in [0.15, 0.2) is 0 Å². The van der Waals surface area contributed by atoms with E-state index < -0.39 is 0 Å². The van der Waals surface area contributed by atoms with Gasteiger partial charge < -0.3 is 10.6 Å². The fourth-order valence-corrected chi connectivity index (χ4v) is 2.52. The molecule has 0 bridgehead atoms. The van der Waals surface area contributed by atoms with Crippen LogP contribution in [0.4, 0.5) is 11.6 Å². The van der Waals surface area contributed by atoms with Gasteiger partial charge in [-0.05, 0) is 23.3 Å². The molecule has 0 unspecified atom stereocenters. The van der Waals surface area contributed by atoms with Crippen molar-refractivity contribution in [2.75, 3.05) is 10.6 Å². The minimum Gasteiger partial charge on any atom is -0.349 e. The smallest absolute Gasteiger partial charge is 0.228 e. The lowest BCUT2D eigenvalue weighted by Gasteiger charge is -2.06. The normalized spacial score (nSPS) is 12.8. The Morgan fingerprint density at radius 1 is 1.13 bits per heavy atom. The second kappa shape index (κ2) is 5.53. The lowest BCUT2D eigenvalue weighted by molar-refractivity contribution is -0.115. The average molecular weight is 306 g/mol. The SMILES string of the molecule is O=C1Cc2ccc(-c3cnc(NCc4ccn[nH]4)nc3)cc2N1. The number of anilines is 2. The van der Waals surface area contributed by atoms with E-state index in [9.17, 15) is 4.79 Å². The summed E-state index contributed by atoms with van der Waals surface area (Å²) < 4.78 is 0. The molecule has 2 aromatic heterocycles. The third kappa shape index (κ3) is 2.76. The molecule has 0 saturated heterocycles. The highest BCUT2D eigenvalue weighted by Gasteiger charge is 2.17. The number of nitrogens with zero attached hydrogens (tertiary/aromatic N) is 3. The van der Waals surface area contributed by atoms with Crippen molar-refractivity contribution in [1.82, 2.24) is 20.2 Å². The minimum atomic E-state index is 0.0340. The number of H-pyrrole nitrogens is 1. The maximum atomic E-state index is 11.4. The van der Waals surface area contributed by atoms with E-state index in [1.807, 2.05) is 24.3 Å². The van der Waals surface area contributed by atoms with Crippen molar-refractivity contribution in [1.29, 1.82) is 0 Å². The van der Waals surface area contributed by atoms with Crippen LogP contribution in [0, 0.1) is 0 Å². The fraction of sp³-hybridized carbons (Fsp3) is 0.125. The van der Waals surface area contributed by atoms with Crippen molar-refractivity contribution in [2.45, 2.75) is 13.0 Å².